The molecule has 1 aromatic carbocycles. The van der Waals surface area contributed by atoms with Crippen molar-refractivity contribution < 1.29 is 14.5 Å². The number of nitrogens with zero attached hydrogens (tertiary/aromatic N) is 5. The Bertz CT molecular complexity index is 810. The van der Waals surface area contributed by atoms with E-state index in [0.717, 1.165) is 51.9 Å². The summed E-state index contributed by atoms with van der Waals surface area (Å²) < 4.78 is 0. The molecule has 3 aliphatic rings. The Balaban J connectivity index is 1.23. The van der Waals surface area contributed by atoms with Gasteiger partial charge in [0.15, 0.2) is 0 Å². The van der Waals surface area contributed by atoms with Crippen LogP contribution in [0.25, 0.3) is 0 Å². The van der Waals surface area contributed by atoms with Gasteiger partial charge in [0.1, 0.15) is 5.69 Å². The molecular formula is C22H31N5O4. The van der Waals surface area contributed by atoms with Crippen molar-refractivity contribution in [3.63, 3.8) is 0 Å². The van der Waals surface area contributed by atoms with E-state index in [1.807, 2.05) is 14.7 Å². The van der Waals surface area contributed by atoms with E-state index in [0.29, 0.717) is 44.3 Å². The second kappa shape index (κ2) is 9.64. The average Bonchev–Trinajstić information content (AvgIpc) is 3.34. The zero-order valence-corrected chi connectivity index (χ0v) is 17.9. The van der Waals surface area contributed by atoms with Crippen LogP contribution < -0.4 is 4.90 Å². The van der Waals surface area contributed by atoms with Gasteiger partial charge < -0.3 is 14.7 Å². The van der Waals surface area contributed by atoms with E-state index >= 15 is 0 Å². The van der Waals surface area contributed by atoms with E-state index in [-0.39, 0.29) is 22.4 Å². The first-order chi connectivity index (χ1) is 15.0. The van der Waals surface area contributed by atoms with Crippen LogP contribution in [0.15, 0.2) is 24.3 Å². The number of para-hydroxylation sites is 2. The van der Waals surface area contributed by atoms with Gasteiger partial charge >= 0.3 is 0 Å². The van der Waals surface area contributed by atoms with Crippen molar-refractivity contribution in [2.45, 2.75) is 25.7 Å². The van der Waals surface area contributed by atoms with Crippen LogP contribution in [0.2, 0.25) is 0 Å². The number of anilines is 1. The highest BCUT2D eigenvalue weighted by Gasteiger charge is 2.31. The lowest BCUT2D eigenvalue weighted by atomic mass is 9.95. The van der Waals surface area contributed by atoms with Crippen molar-refractivity contribution in [1.29, 1.82) is 0 Å². The predicted octanol–water partition coefficient (Wildman–Crippen LogP) is 1.58. The van der Waals surface area contributed by atoms with Gasteiger partial charge in [-0.15, -0.1) is 0 Å². The molecule has 0 aliphatic carbocycles. The topological polar surface area (TPSA) is 90.2 Å². The Morgan fingerprint density at radius 3 is 2.19 bits per heavy atom. The van der Waals surface area contributed by atoms with Crippen molar-refractivity contribution in [2.24, 2.45) is 5.92 Å². The molecule has 0 spiro atoms. The monoisotopic (exact) mass is 429 g/mol. The van der Waals surface area contributed by atoms with Crippen molar-refractivity contribution in [2.75, 3.05) is 63.8 Å². The second-order valence-electron chi connectivity index (χ2n) is 8.70. The van der Waals surface area contributed by atoms with Gasteiger partial charge in [0.2, 0.25) is 11.8 Å². The largest absolute Gasteiger partial charge is 0.362 e. The van der Waals surface area contributed by atoms with Crippen LogP contribution in [0, 0.1) is 16.0 Å². The molecule has 3 heterocycles. The molecule has 9 nitrogen and oxygen atoms in total. The van der Waals surface area contributed by atoms with Crippen LogP contribution in [0.1, 0.15) is 25.7 Å². The lowest BCUT2D eigenvalue weighted by Gasteiger charge is -2.38. The SMILES string of the molecule is O=C(CN1CCC(C(=O)N2CCCC2)CC1)N1CCN(c2ccccc2[N+](=O)[O-])CC1. The minimum atomic E-state index is -0.356. The van der Waals surface area contributed by atoms with Crippen LogP contribution >= 0.6 is 0 Å². The fraction of sp³-hybridized carbons (Fsp3) is 0.636. The summed E-state index contributed by atoms with van der Waals surface area (Å²) in [5.41, 5.74) is 0.720. The molecule has 3 fully saturated rings. The summed E-state index contributed by atoms with van der Waals surface area (Å²) >= 11 is 0. The van der Waals surface area contributed by atoms with Crippen LogP contribution in [0.5, 0.6) is 0 Å². The average molecular weight is 430 g/mol. The highest BCUT2D eigenvalue weighted by Crippen LogP contribution is 2.28. The summed E-state index contributed by atoms with van der Waals surface area (Å²) in [6.07, 6.45) is 3.88. The van der Waals surface area contributed by atoms with Crippen molar-refractivity contribution in [3.05, 3.63) is 34.4 Å². The number of nitro groups is 1. The number of piperazine rings is 1. The fourth-order valence-corrected chi connectivity index (χ4v) is 4.91. The zero-order valence-electron chi connectivity index (χ0n) is 17.9. The molecule has 0 aromatic heterocycles. The van der Waals surface area contributed by atoms with E-state index < -0.39 is 0 Å². The number of nitro benzene ring substituents is 1. The lowest BCUT2D eigenvalue weighted by Crippen LogP contribution is -2.52. The molecule has 0 unspecified atom stereocenters. The number of carbonyl (C=O) groups is 2. The maximum atomic E-state index is 12.8. The van der Waals surface area contributed by atoms with Crippen LogP contribution in [0.4, 0.5) is 11.4 Å². The molecular weight excluding hydrogens is 398 g/mol. The fourth-order valence-electron chi connectivity index (χ4n) is 4.91. The van der Waals surface area contributed by atoms with E-state index in [4.69, 9.17) is 0 Å². The highest BCUT2D eigenvalue weighted by atomic mass is 16.6. The van der Waals surface area contributed by atoms with Gasteiger partial charge in [0, 0.05) is 51.3 Å². The molecule has 168 valence electrons. The molecule has 9 heteroatoms. The summed E-state index contributed by atoms with van der Waals surface area (Å²) in [5.74, 6) is 0.510. The Labute approximate surface area is 182 Å². The molecule has 0 bridgehead atoms. The summed E-state index contributed by atoms with van der Waals surface area (Å²) in [7, 11) is 0. The Kier molecular flexibility index (Phi) is 6.70. The van der Waals surface area contributed by atoms with E-state index in [2.05, 4.69) is 4.90 Å². The smallest absolute Gasteiger partial charge is 0.292 e. The number of rotatable bonds is 5. The van der Waals surface area contributed by atoms with E-state index in [1.54, 1.807) is 18.2 Å². The minimum Gasteiger partial charge on any atom is -0.362 e. The molecule has 3 saturated heterocycles. The molecule has 4 rings (SSSR count). The van der Waals surface area contributed by atoms with E-state index in [9.17, 15) is 19.7 Å². The third-order valence-corrected chi connectivity index (χ3v) is 6.76. The molecule has 2 amide bonds. The number of hydrogen-bond donors (Lipinski definition) is 0. The summed E-state index contributed by atoms with van der Waals surface area (Å²) in [6.45, 7) is 6.05. The highest BCUT2D eigenvalue weighted by molar-refractivity contribution is 5.80. The van der Waals surface area contributed by atoms with Crippen molar-refractivity contribution in [3.8, 4) is 0 Å². The van der Waals surface area contributed by atoms with E-state index in [1.165, 1.54) is 6.07 Å². The Hall–Kier alpha value is -2.68. The summed E-state index contributed by atoms with van der Waals surface area (Å²) in [4.78, 5) is 44.3. The van der Waals surface area contributed by atoms with Gasteiger partial charge in [-0.1, -0.05) is 12.1 Å². The number of hydrogen-bond acceptors (Lipinski definition) is 6. The van der Waals surface area contributed by atoms with Gasteiger partial charge in [-0.25, -0.2) is 0 Å². The number of benzene rings is 1. The second-order valence-corrected chi connectivity index (χ2v) is 8.70. The number of piperidine rings is 1. The maximum Gasteiger partial charge on any atom is 0.292 e. The van der Waals surface area contributed by atoms with Gasteiger partial charge in [-0.2, -0.15) is 0 Å². The number of likely N-dealkylation sites (tertiary alicyclic amines) is 2. The van der Waals surface area contributed by atoms with Crippen LogP contribution in [0.3, 0.4) is 0 Å². The lowest BCUT2D eigenvalue weighted by molar-refractivity contribution is -0.384. The molecule has 0 radical (unpaired) electrons. The third kappa shape index (κ3) is 4.98. The minimum absolute atomic E-state index is 0.103. The molecule has 0 N–H and O–H groups in total. The van der Waals surface area contributed by atoms with Crippen LogP contribution in [-0.2, 0) is 9.59 Å². The summed E-state index contributed by atoms with van der Waals surface area (Å²) in [5, 5.41) is 11.3. The van der Waals surface area contributed by atoms with Crippen LogP contribution in [-0.4, -0.2) is 90.3 Å². The molecule has 31 heavy (non-hydrogen) atoms. The molecule has 3 aliphatic heterocycles. The maximum absolute atomic E-state index is 12.8. The normalized spacial score (nSPS) is 20.8. The van der Waals surface area contributed by atoms with Crippen molar-refractivity contribution >= 4 is 23.2 Å². The van der Waals surface area contributed by atoms with Gasteiger partial charge in [0.25, 0.3) is 5.69 Å². The first-order valence-electron chi connectivity index (χ1n) is 11.3. The predicted molar refractivity (Wildman–Crippen MR) is 117 cm³/mol. The van der Waals surface area contributed by atoms with Gasteiger partial charge in [-0.3, -0.25) is 24.6 Å². The van der Waals surface area contributed by atoms with Crippen molar-refractivity contribution in [1.82, 2.24) is 14.7 Å². The first kappa shape index (κ1) is 21.5. The summed E-state index contributed by atoms with van der Waals surface area (Å²) in [6, 6.07) is 6.76. The third-order valence-electron chi connectivity index (χ3n) is 6.76. The molecule has 1 aromatic rings. The Morgan fingerprint density at radius 1 is 0.903 bits per heavy atom. The number of carbonyl (C=O) groups excluding carboxylic acids is 2. The van der Waals surface area contributed by atoms with Gasteiger partial charge in [0.05, 0.1) is 11.5 Å². The van der Waals surface area contributed by atoms with Gasteiger partial charge in [-0.05, 0) is 44.8 Å². The quantitative estimate of drug-likeness (QED) is 0.521. The first-order valence-corrected chi connectivity index (χ1v) is 11.3. The Morgan fingerprint density at radius 2 is 1.55 bits per heavy atom. The standard InChI is InChI=1S/C22H31N5O4/c28-21(17-23-11-7-18(8-12-23)22(29)26-9-3-4-10-26)25-15-13-24(14-16-25)19-5-1-2-6-20(19)27(30)31/h1-2,5-6,18H,3-4,7-17H2. The molecule has 0 saturated carbocycles. The zero-order chi connectivity index (χ0) is 21.8. The molecule has 0 atom stereocenters. The number of amides is 2.